The van der Waals surface area contributed by atoms with Gasteiger partial charge in [-0.05, 0) is 56.7 Å². The van der Waals surface area contributed by atoms with Gasteiger partial charge in [0.25, 0.3) is 0 Å². The number of rotatable bonds is 2. The minimum absolute atomic E-state index is 0.467. The first-order valence-electron chi connectivity index (χ1n) is 5.74. The van der Waals surface area contributed by atoms with E-state index >= 15 is 0 Å². The van der Waals surface area contributed by atoms with Gasteiger partial charge in [-0.25, -0.2) is 0 Å². The topological polar surface area (TPSA) is 0 Å². The molecule has 0 saturated carbocycles. The maximum Gasteiger partial charge on any atom is 0.0426 e. The molecule has 0 nitrogen and oxygen atoms in total. The summed E-state index contributed by atoms with van der Waals surface area (Å²) in [5.41, 5.74) is 3.43. The molecule has 2 rings (SSSR count). The van der Waals surface area contributed by atoms with E-state index in [-0.39, 0.29) is 0 Å². The summed E-state index contributed by atoms with van der Waals surface area (Å²) in [6, 6.07) is 11.9. The highest BCUT2D eigenvalue weighted by molar-refractivity contribution is 9.10. The summed E-state index contributed by atoms with van der Waals surface area (Å²) >= 11 is 15.8. The average molecular weight is 344 g/mol. The van der Waals surface area contributed by atoms with Crippen LogP contribution in [-0.4, -0.2) is 0 Å². The van der Waals surface area contributed by atoms with Gasteiger partial charge in [0.1, 0.15) is 0 Å². The Morgan fingerprint density at radius 3 is 2.17 bits per heavy atom. The molecule has 0 heterocycles. The van der Waals surface area contributed by atoms with Gasteiger partial charge in [0.05, 0.1) is 0 Å². The predicted molar refractivity (Wildman–Crippen MR) is 83.7 cm³/mol. The molecule has 0 fully saturated rings. The number of halogens is 3. The second kappa shape index (κ2) is 5.64. The molecule has 18 heavy (non-hydrogen) atoms. The van der Waals surface area contributed by atoms with Crippen molar-refractivity contribution in [3.63, 3.8) is 0 Å². The Bertz CT molecular complexity index is 556. The second-order valence-corrected chi connectivity index (χ2v) is 6.19. The lowest BCUT2D eigenvalue weighted by atomic mass is 9.97. The molecule has 3 heteroatoms. The van der Waals surface area contributed by atoms with Crippen molar-refractivity contribution in [1.82, 2.24) is 0 Å². The van der Waals surface area contributed by atoms with Crippen LogP contribution in [0.5, 0.6) is 0 Å². The summed E-state index contributed by atoms with van der Waals surface area (Å²) in [6.07, 6.45) is 0. The molecule has 0 atom stereocenters. The zero-order valence-corrected chi connectivity index (χ0v) is 13.3. The minimum Gasteiger partial charge on any atom is -0.0843 e. The molecule has 0 bridgehead atoms. The van der Waals surface area contributed by atoms with Crippen LogP contribution in [0.1, 0.15) is 25.3 Å². The van der Waals surface area contributed by atoms with Crippen LogP contribution >= 0.6 is 39.1 Å². The summed E-state index contributed by atoms with van der Waals surface area (Å²) < 4.78 is 1.11. The molecule has 0 unspecified atom stereocenters. The van der Waals surface area contributed by atoms with Gasteiger partial charge in [0.15, 0.2) is 0 Å². The fraction of sp³-hybridized carbons (Fsp3) is 0.200. The van der Waals surface area contributed by atoms with Crippen molar-refractivity contribution in [3.05, 3.63) is 56.5 Å². The molecule has 2 aromatic carbocycles. The summed E-state index contributed by atoms with van der Waals surface area (Å²) in [7, 11) is 0. The minimum atomic E-state index is 0.467. The van der Waals surface area contributed by atoms with Gasteiger partial charge in [-0.3, -0.25) is 0 Å². The largest absolute Gasteiger partial charge is 0.0843 e. The number of benzene rings is 2. The molecule has 2 aromatic rings. The Labute approximate surface area is 126 Å². The molecular weight excluding hydrogens is 331 g/mol. The summed E-state index contributed by atoms with van der Waals surface area (Å²) in [5, 5.41) is 1.30. The van der Waals surface area contributed by atoms with E-state index in [9.17, 15) is 0 Å². The van der Waals surface area contributed by atoms with Gasteiger partial charge in [-0.15, -0.1) is 0 Å². The van der Waals surface area contributed by atoms with Gasteiger partial charge in [0.2, 0.25) is 0 Å². The highest BCUT2D eigenvalue weighted by atomic mass is 79.9. The highest BCUT2D eigenvalue weighted by Crippen LogP contribution is 2.36. The molecule has 0 aromatic heterocycles. The molecule has 0 aliphatic rings. The Morgan fingerprint density at radius 1 is 1.00 bits per heavy atom. The quantitative estimate of drug-likeness (QED) is 0.580. The molecule has 0 amide bonds. The average Bonchev–Trinajstić information content (AvgIpc) is 2.27. The lowest BCUT2D eigenvalue weighted by Gasteiger charge is -2.13. The van der Waals surface area contributed by atoms with E-state index in [0.29, 0.717) is 16.0 Å². The van der Waals surface area contributed by atoms with Gasteiger partial charge < -0.3 is 0 Å². The first kappa shape index (κ1) is 13.9. The van der Waals surface area contributed by atoms with Crippen molar-refractivity contribution in [2.75, 3.05) is 0 Å². The lowest BCUT2D eigenvalue weighted by molar-refractivity contribution is 0.861. The first-order valence-corrected chi connectivity index (χ1v) is 7.29. The Hall–Kier alpha value is -0.500. The SMILES string of the molecule is CC(C)c1cccc(-c2cc(Cl)cc(Cl)c2)c1Br. The van der Waals surface area contributed by atoms with E-state index in [1.807, 2.05) is 12.1 Å². The van der Waals surface area contributed by atoms with Crippen LogP contribution < -0.4 is 0 Å². The Kier molecular flexibility index (Phi) is 4.37. The zero-order valence-electron chi connectivity index (χ0n) is 10.2. The molecule has 0 aliphatic heterocycles. The maximum absolute atomic E-state index is 6.05. The highest BCUT2D eigenvalue weighted by Gasteiger charge is 2.11. The molecular formula is C15H13BrCl2. The molecule has 94 valence electrons. The van der Waals surface area contributed by atoms with Crippen molar-refractivity contribution in [2.24, 2.45) is 0 Å². The van der Waals surface area contributed by atoms with E-state index in [2.05, 4.69) is 48.0 Å². The third kappa shape index (κ3) is 2.90. The molecule has 0 aliphatic carbocycles. The number of hydrogen-bond donors (Lipinski definition) is 0. The molecule has 0 spiro atoms. The van der Waals surface area contributed by atoms with Crippen LogP contribution in [0.15, 0.2) is 40.9 Å². The normalized spacial score (nSPS) is 11.0. The van der Waals surface area contributed by atoms with Crippen molar-refractivity contribution in [3.8, 4) is 11.1 Å². The molecule has 0 radical (unpaired) electrons. The van der Waals surface area contributed by atoms with E-state index in [4.69, 9.17) is 23.2 Å². The first-order chi connectivity index (χ1) is 8.49. The number of hydrogen-bond acceptors (Lipinski definition) is 0. The van der Waals surface area contributed by atoms with Crippen LogP contribution in [0.4, 0.5) is 0 Å². The maximum atomic E-state index is 6.05. The van der Waals surface area contributed by atoms with E-state index in [1.54, 1.807) is 6.07 Å². The van der Waals surface area contributed by atoms with Crippen molar-refractivity contribution < 1.29 is 0 Å². The second-order valence-electron chi connectivity index (χ2n) is 4.52. The smallest absolute Gasteiger partial charge is 0.0426 e. The van der Waals surface area contributed by atoms with Gasteiger partial charge in [-0.2, -0.15) is 0 Å². The fourth-order valence-corrected chi connectivity index (χ4v) is 3.41. The van der Waals surface area contributed by atoms with Gasteiger partial charge in [0, 0.05) is 14.5 Å². The lowest BCUT2D eigenvalue weighted by Crippen LogP contribution is -1.91. The van der Waals surface area contributed by atoms with Crippen molar-refractivity contribution >= 4 is 39.1 Å². The van der Waals surface area contributed by atoms with Crippen LogP contribution in [0, 0.1) is 0 Å². The van der Waals surface area contributed by atoms with E-state index in [1.165, 1.54) is 5.56 Å². The summed E-state index contributed by atoms with van der Waals surface area (Å²) in [6.45, 7) is 4.35. The van der Waals surface area contributed by atoms with Crippen molar-refractivity contribution in [2.45, 2.75) is 19.8 Å². The summed E-state index contributed by atoms with van der Waals surface area (Å²) in [5.74, 6) is 0.467. The fourth-order valence-electron chi connectivity index (χ4n) is 1.93. The third-order valence-corrected chi connectivity index (χ3v) is 4.15. The van der Waals surface area contributed by atoms with Crippen LogP contribution in [0.25, 0.3) is 11.1 Å². The molecule has 0 saturated heterocycles. The van der Waals surface area contributed by atoms with Gasteiger partial charge in [-0.1, -0.05) is 55.2 Å². The Balaban J connectivity index is 2.60. The van der Waals surface area contributed by atoms with Crippen LogP contribution in [0.3, 0.4) is 0 Å². The van der Waals surface area contributed by atoms with Crippen molar-refractivity contribution in [1.29, 1.82) is 0 Å². The van der Waals surface area contributed by atoms with Crippen LogP contribution in [0.2, 0.25) is 10.0 Å². The predicted octanol–water partition coefficient (Wildman–Crippen LogP) is 6.55. The summed E-state index contributed by atoms with van der Waals surface area (Å²) in [4.78, 5) is 0. The Morgan fingerprint density at radius 2 is 1.61 bits per heavy atom. The third-order valence-electron chi connectivity index (χ3n) is 2.82. The van der Waals surface area contributed by atoms with Crippen LogP contribution in [-0.2, 0) is 0 Å². The zero-order chi connectivity index (χ0) is 13.3. The van der Waals surface area contributed by atoms with Gasteiger partial charge >= 0.3 is 0 Å². The van der Waals surface area contributed by atoms with E-state index < -0.39 is 0 Å². The van der Waals surface area contributed by atoms with E-state index in [0.717, 1.165) is 15.6 Å². The monoisotopic (exact) mass is 342 g/mol. The standard InChI is InChI=1S/C15H13BrCl2/c1-9(2)13-4-3-5-14(15(13)16)10-6-11(17)8-12(18)7-10/h3-9H,1-2H3. The molecule has 0 N–H and O–H groups in total.